The maximum atomic E-state index is 8.56. The Morgan fingerprint density at radius 2 is 0.409 bits per heavy atom. The molecule has 0 aromatic carbocycles. The van der Waals surface area contributed by atoms with Gasteiger partial charge >= 0.3 is 37.1 Å². The minimum absolute atomic E-state index is 0. The zero-order valence-electron chi connectivity index (χ0n) is 9.91. The Kier molecular flexibility index (Phi) is 70.4. The summed E-state index contributed by atoms with van der Waals surface area (Å²) in [6, 6.07) is 0. The van der Waals surface area contributed by atoms with E-state index in [0.29, 0.717) is 0 Å². The fourth-order valence-corrected chi connectivity index (χ4v) is 0. The molecular formula is C5H5N5O10V2. The molecule has 0 aromatic rings. The molecule has 0 bridgehead atoms. The van der Waals surface area contributed by atoms with Crippen molar-refractivity contribution in [3.63, 3.8) is 0 Å². The van der Waals surface area contributed by atoms with E-state index in [0.717, 1.165) is 0 Å². The quantitative estimate of drug-likeness (QED) is 0.397. The third-order valence-corrected chi connectivity index (χ3v) is 0. The zero-order chi connectivity index (χ0) is 17.9. The fraction of sp³-hybridized carbons (Fsp3) is 0. The molecule has 0 saturated heterocycles. The summed E-state index contributed by atoms with van der Waals surface area (Å²) < 4.78 is 0. The molecule has 15 nitrogen and oxygen atoms in total. The van der Waals surface area contributed by atoms with E-state index in [1.807, 2.05) is 0 Å². The smallest absolute Gasteiger partial charge is 1.45 e. The molecule has 0 radical (unpaired) electrons. The molecule has 0 saturated carbocycles. The number of hydrogen-bond acceptors (Lipinski definition) is 5. The van der Waals surface area contributed by atoms with Crippen molar-refractivity contribution >= 4 is 30.5 Å². The molecule has 0 spiro atoms. The summed E-state index contributed by atoms with van der Waals surface area (Å²) in [4.78, 5) is 42.8. The van der Waals surface area contributed by atoms with Gasteiger partial charge in [-0.1, -0.05) is 0 Å². The van der Waals surface area contributed by atoms with Gasteiger partial charge in [-0.25, -0.2) is 0 Å². The van der Waals surface area contributed by atoms with Crippen molar-refractivity contribution in [2.45, 2.75) is 0 Å². The predicted molar refractivity (Wildman–Crippen MR) is 56.9 cm³/mol. The second-order valence-corrected chi connectivity index (χ2v) is 1.41. The summed E-state index contributed by atoms with van der Waals surface area (Å²) in [6.07, 6.45) is -9.17. The third kappa shape index (κ3) is 777. The molecule has 0 aliphatic carbocycles. The van der Waals surface area contributed by atoms with Crippen molar-refractivity contribution < 1.29 is 86.6 Å². The number of nitrogens with zero attached hydrogens (tertiary/aromatic N) is 5. The Hall–Kier alpha value is -2.48. The van der Waals surface area contributed by atoms with Crippen LogP contribution < -0.4 is 0 Å². The van der Waals surface area contributed by atoms with E-state index in [2.05, 4.69) is 0 Å². The van der Waals surface area contributed by atoms with Crippen LogP contribution in [0.15, 0.2) is 0 Å². The van der Waals surface area contributed by atoms with Crippen LogP contribution in [0.5, 0.6) is 0 Å². The zero-order valence-corrected chi connectivity index (χ0v) is 12.7. The first-order valence-corrected chi connectivity index (χ1v) is 3.26. The van der Waals surface area contributed by atoms with E-state index < -0.39 is 30.5 Å². The van der Waals surface area contributed by atoms with Crippen molar-refractivity contribution in [2.24, 2.45) is 0 Å². The molecule has 120 valence electrons. The van der Waals surface area contributed by atoms with Crippen LogP contribution in [0.3, 0.4) is 0 Å². The van der Waals surface area contributed by atoms with Gasteiger partial charge in [-0.05, 0) is 0 Å². The van der Waals surface area contributed by atoms with Crippen LogP contribution in [-0.2, 0) is 37.1 Å². The molecule has 17 heteroatoms. The van der Waals surface area contributed by atoms with Gasteiger partial charge < -0.3 is 78.2 Å². The third-order valence-electron chi connectivity index (χ3n) is 0. The minimum atomic E-state index is -1.83. The SMILES string of the molecule is [N-2]C(=O)O.[N-2]C(=O)O.[N-2]C(=O)O.[N-2]C(=O)O.[N-2]C(=O)O.[V+5].[V+5]. The monoisotopic (exact) mass is 397 g/mol. The van der Waals surface area contributed by atoms with Crippen molar-refractivity contribution in [3.05, 3.63) is 28.7 Å². The molecule has 0 fully saturated rings. The van der Waals surface area contributed by atoms with Gasteiger partial charge in [0.2, 0.25) is 0 Å². The standard InChI is InChI=1S/5CHNO2.2V/c5*2-1(3)4;;/h5*(H,3,4);;/q5*-2;2*+5. The second-order valence-electron chi connectivity index (χ2n) is 1.41. The molecule has 22 heavy (non-hydrogen) atoms. The van der Waals surface area contributed by atoms with Gasteiger partial charge in [0, 0.05) is 30.5 Å². The Bertz CT molecular complexity index is 224. The van der Waals surface area contributed by atoms with Gasteiger partial charge in [-0.3, -0.25) is 0 Å². The molecule has 0 heterocycles. The number of amides is 5. The molecule has 0 aliphatic heterocycles. The normalized spacial score (nSPS) is 5.45. The van der Waals surface area contributed by atoms with Crippen LogP contribution >= 0.6 is 0 Å². The minimum Gasteiger partial charge on any atom is -1.45 e. The van der Waals surface area contributed by atoms with E-state index in [9.17, 15) is 0 Å². The maximum Gasteiger partial charge on any atom is 5.00 e. The van der Waals surface area contributed by atoms with Crippen molar-refractivity contribution in [1.29, 1.82) is 0 Å². The van der Waals surface area contributed by atoms with E-state index in [-0.39, 0.29) is 37.1 Å². The summed E-state index contributed by atoms with van der Waals surface area (Å²) in [6.45, 7) is 0. The van der Waals surface area contributed by atoms with E-state index in [1.165, 1.54) is 0 Å². The van der Waals surface area contributed by atoms with Crippen LogP contribution in [0, 0.1) is 0 Å². The number of carbonyl (C=O) groups is 5. The largest absolute Gasteiger partial charge is 5.00 e. The molecule has 0 aromatic heterocycles. The first-order valence-electron chi connectivity index (χ1n) is 3.26. The van der Waals surface area contributed by atoms with Gasteiger partial charge in [-0.2, -0.15) is 0 Å². The van der Waals surface area contributed by atoms with Crippen molar-refractivity contribution in [3.8, 4) is 0 Å². The average Bonchev–Trinajstić information content (AvgIpc) is 1.94. The molecule has 5 N–H and O–H groups in total. The van der Waals surface area contributed by atoms with Crippen LogP contribution in [0.4, 0.5) is 24.0 Å². The summed E-state index contributed by atoms with van der Waals surface area (Å²) in [5.74, 6) is 0. The van der Waals surface area contributed by atoms with E-state index >= 15 is 0 Å². The number of hydrogen-bond donors (Lipinski definition) is 5. The summed E-state index contributed by atoms with van der Waals surface area (Å²) in [5.41, 5.74) is 34.9. The maximum absolute atomic E-state index is 8.56. The Labute approximate surface area is 146 Å². The van der Waals surface area contributed by atoms with Gasteiger partial charge in [0.25, 0.3) is 0 Å². The predicted octanol–water partition coefficient (Wildman–Crippen LogP) is 2.51. The molecule has 0 aliphatic rings. The fourth-order valence-electron chi connectivity index (χ4n) is 0. The van der Waals surface area contributed by atoms with Crippen LogP contribution in [0.25, 0.3) is 28.7 Å². The van der Waals surface area contributed by atoms with Gasteiger partial charge in [0.1, 0.15) is 0 Å². The van der Waals surface area contributed by atoms with E-state index in [1.54, 1.807) is 0 Å². The van der Waals surface area contributed by atoms with Gasteiger partial charge in [-0.15, -0.1) is 0 Å². The van der Waals surface area contributed by atoms with Crippen molar-refractivity contribution in [1.82, 2.24) is 0 Å². The number of carboxylic acid groups (broad SMARTS) is 5. The van der Waals surface area contributed by atoms with Gasteiger partial charge in [0.05, 0.1) is 0 Å². The molecule has 0 atom stereocenters. The summed E-state index contributed by atoms with van der Waals surface area (Å²) >= 11 is 0. The molecule has 0 rings (SSSR count). The first kappa shape index (κ1) is 42.7. The topological polar surface area (TPSA) is 298 Å². The summed E-state index contributed by atoms with van der Waals surface area (Å²) in [7, 11) is 0. The Balaban J connectivity index is -0.0000000250. The van der Waals surface area contributed by atoms with Crippen LogP contribution in [0.2, 0.25) is 0 Å². The van der Waals surface area contributed by atoms with Crippen molar-refractivity contribution in [2.75, 3.05) is 0 Å². The molecular weight excluding hydrogens is 392 g/mol. The summed E-state index contributed by atoms with van der Waals surface area (Å²) in [5, 5.41) is 34.9. The second kappa shape index (κ2) is 36.3. The van der Waals surface area contributed by atoms with Gasteiger partial charge in [0.15, 0.2) is 0 Å². The number of rotatable bonds is 0. The average molecular weight is 397 g/mol. The molecule has 0 unspecified atom stereocenters. The Morgan fingerprint density at radius 1 is 0.409 bits per heavy atom. The van der Waals surface area contributed by atoms with E-state index in [4.69, 9.17) is 78.2 Å². The molecule has 5 amide bonds. The Morgan fingerprint density at radius 3 is 0.409 bits per heavy atom. The first-order chi connectivity index (χ1) is 8.66. The van der Waals surface area contributed by atoms with Crippen LogP contribution in [-0.4, -0.2) is 56.0 Å². The van der Waals surface area contributed by atoms with Crippen LogP contribution in [0.1, 0.15) is 0 Å².